The molecule has 4 aliphatic carbocycles. The first-order valence-corrected chi connectivity index (χ1v) is 10.2. The Morgan fingerprint density at radius 3 is 2.63 bits per heavy atom. The van der Waals surface area contributed by atoms with Gasteiger partial charge < -0.3 is 15.3 Å². The predicted octanol–water partition coefficient (Wildman–Crippen LogP) is 2.86. The van der Waals surface area contributed by atoms with E-state index in [9.17, 15) is 19.8 Å². The van der Waals surface area contributed by atoms with Gasteiger partial charge in [-0.25, -0.2) is 0 Å². The molecule has 3 fully saturated rings. The van der Waals surface area contributed by atoms with Crippen LogP contribution in [-0.4, -0.2) is 38.8 Å². The van der Waals surface area contributed by atoms with Crippen LogP contribution in [0.3, 0.4) is 0 Å². The molecule has 5 heteroatoms. The van der Waals surface area contributed by atoms with Crippen LogP contribution in [0.4, 0.5) is 0 Å². The number of carboxylic acids is 1. The van der Waals surface area contributed by atoms with Crippen molar-refractivity contribution in [1.29, 1.82) is 0 Å². The van der Waals surface area contributed by atoms with Crippen LogP contribution in [-0.2, 0) is 9.59 Å². The Hall–Kier alpha value is -1.46. The molecule has 0 aliphatic heterocycles. The number of hydrogen-bond donors (Lipinski definition) is 3. The summed E-state index contributed by atoms with van der Waals surface area (Å²) in [6.07, 6.45) is 8.76. The number of aliphatic hydroxyl groups excluding tert-OH is 1. The van der Waals surface area contributed by atoms with Gasteiger partial charge >= 0.3 is 5.97 Å². The zero-order valence-electron chi connectivity index (χ0n) is 16.1. The number of ketones is 1. The summed E-state index contributed by atoms with van der Waals surface area (Å²) in [5.74, 6) is -0.382. The summed E-state index contributed by atoms with van der Waals surface area (Å²) in [7, 11) is 0. The number of carbonyl (C=O) groups is 2. The minimum absolute atomic E-state index is 0.00214. The van der Waals surface area contributed by atoms with E-state index in [1.54, 1.807) is 12.2 Å². The largest absolute Gasteiger partial charge is 0.481 e. The van der Waals surface area contributed by atoms with Gasteiger partial charge in [-0.2, -0.15) is 0 Å². The van der Waals surface area contributed by atoms with E-state index in [1.165, 1.54) is 0 Å². The second-order valence-corrected chi connectivity index (χ2v) is 9.67. The topological polar surface area (TPSA) is 94.8 Å². The number of carbonyl (C=O) groups excluding carboxylic acids is 1. The molecule has 0 saturated heterocycles. The number of fused-ring (bicyclic) bond motifs is 5. The highest BCUT2D eigenvalue weighted by molar-refractivity contribution is 6.01. The number of hydrogen-bond acceptors (Lipinski definition) is 4. The predicted molar refractivity (Wildman–Crippen MR) is 99.8 cm³/mol. The van der Waals surface area contributed by atoms with Crippen LogP contribution in [0, 0.1) is 28.6 Å². The van der Waals surface area contributed by atoms with Crippen molar-refractivity contribution in [2.24, 2.45) is 28.6 Å². The average molecular weight is 374 g/mol. The lowest BCUT2D eigenvalue weighted by molar-refractivity contribution is -0.155. The number of allylic oxidation sites excluding steroid dienone is 3. The molecular weight excluding hydrogens is 344 g/mol. The van der Waals surface area contributed by atoms with E-state index in [1.807, 2.05) is 6.08 Å². The quantitative estimate of drug-likeness (QED) is 0.706. The molecule has 3 saturated carbocycles. The van der Waals surface area contributed by atoms with Gasteiger partial charge in [-0.1, -0.05) is 25.5 Å². The summed E-state index contributed by atoms with van der Waals surface area (Å²) >= 11 is 0. The molecule has 0 heterocycles. The highest BCUT2D eigenvalue weighted by Gasteiger charge is 2.65. The van der Waals surface area contributed by atoms with Crippen LogP contribution in [0.5, 0.6) is 0 Å². The van der Waals surface area contributed by atoms with Gasteiger partial charge in [0.2, 0.25) is 0 Å². The summed E-state index contributed by atoms with van der Waals surface area (Å²) in [4.78, 5) is 22.9. The Morgan fingerprint density at radius 1 is 1.22 bits per heavy atom. The summed E-state index contributed by atoms with van der Waals surface area (Å²) < 4.78 is 0. The van der Waals surface area contributed by atoms with Crippen molar-refractivity contribution in [2.45, 2.75) is 70.5 Å². The van der Waals surface area contributed by atoms with E-state index in [-0.39, 0.29) is 47.2 Å². The molecule has 0 radical (unpaired) electrons. The van der Waals surface area contributed by atoms with Gasteiger partial charge in [-0.3, -0.25) is 9.59 Å². The number of aliphatic hydroxyl groups is 2. The van der Waals surface area contributed by atoms with Crippen molar-refractivity contribution in [2.75, 3.05) is 0 Å². The third-order valence-corrected chi connectivity index (χ3v) is 8.65. The molecular formula is C22H30O5. The lowest BCUT2D eigenvalue weighted by atomic mass is 9.46. The third kappa shape index (κ3) is 2.58. The van der Waals surface area contributed by atoms with Gasteiger partial charge in [0.15, 0.2) is 5.78 Å². The molecule has 7 atom stereocenters. The monoisotopic (exact) mass is 374 g/mol. The van der Waals surface area contributed by atoms with Crippen molar-refractivity contribution in [3.05, 3.63) is 23.8 Å². The third-order valence-electron chi connectivity index (χ3n) is 8.65. The molecule has 2 unspecified atom stereocenters. The van der Waals surface area contributed by atoms with E-state index < -0.39 is 17.7 Å². The van der Waals surface area contributed by atoms with Crippen LogP contribution < -0.4 is 0 Å². The fourth-order valence-corrected chi connectivity index (χ4v) is 7.01. The highest BCUT2D eigenvalue weighted by atomic mass is 16.4. The minimum Gasteiger partial charge on any atom is -0.481 e. The first-order chi connectivity index (χ1) is 12.6. The van der Waals surface area contributed by atoms with Crippen LogP contribution in [0.15, 0.2) is 23.8 Å². The molecule has 0 aromatic heterocycles. The van der Waals surface area contributed by atoms with E-state index in [2.05, 4.69) is 13.8 Å². The smallest absolute Gasteiger partial charge is 0.303 e. The van der Waals surface area contributed by atoms with Gasteiger partial charge in [0.05, 0.1) is 11.7 Å². The number of rotatable bonds is 3. The van der Waals surface area contributed by atoms with Gasteiger partial charge in [0.25, 0.3) is 0 Å². The lowest BCUT2D eigenvalue weighted by Crippen LogP contribution is -2.57. The molecule has 5 nitrogen and oxygen atoms in total. The minimum atomic E-state index is -0.976. The fraction of sp³-hybridized carbons (Fsp3) is 0.727. The van der Waals surface area contributed by atoms with Crippen LogP contribution in [0.2, 0.25) is 0 Å². The second-order valence-electron chi connectivity index (χ2n) is 9.67. The van der Waals surface area contributed by atoms with Crippen molar-refractivity contribution in [3.63, 3.8) is 0 Å². The summed E-state index contributed by atoms with van der Waals surface area (Å²) in [6.45, 7) is 4.28. The molecule has 0 aromatic rings. The first kappa shape index (κ1) is 18.9. The van der Waals surface area contributed by atoms with E-state index >= 15 is 0 Å². The summed E-state index contributed by atoms with van der Waals surface area (Å²) in [6, 6.07) is 0. The Bertz CT molecular complexity index is 739. The van der Waals surface area contributed by atoms with Gasteiger partial charge in [-0.05, 0) is 73.8 Å². The molecule has 0 amide bonds. The molecule has 4 aliphatic rings. The number of aliphatic carboxylic acids is 1. The Kier molecular flexibility index (Phi) is 4.21. The van der Waals surface area contributed by atoms with Crippen molar-refractivity contribution in [1.82, 2.24) is 0 Å². The lowest BCUT2D eigenvalue weighted by Gasteiger charge is -2.59. The SMILES string of the molecule is C[C@]12C=CC(=O)C=C1CC(O)[C@@H]1[C@@H]2CC[C@@]2(C)[C@H]1CCC2(O)CCC(=O)O. The van der Waals surface area contributed by atoms with Gasteiger partial charge in [0, 0.05) is 11.8 Å². The van der Waals surface area contributed by atoms with E-state index in [0.29, 0.717) is 12.8 Å². The van der Waals surface area contributed by atoms with Gasteiger partial charge in [-0.15, -0.1) is 0 Å². The maximum absolute atomic E-state index is 11.8. The van der Waals surface area contributed by atoms with Crippen molar-refractivity contribution >= 4 is 11.8 Å². The van der Waals surface area contributed by atoms with Crippen molar-refractivity contribution in [3.8, 4) is 0 Å². The first-order valence-electron chi connectivity index (χ1n) is 10.2. The Labute approximate surface area is 160 Å². The molecule has 0 bridgehead atoms. The Morgan fingerprint density at radius 2 is 1.93 bits per heavy atom. The molecule has 0 spiro atoms. The van der Waals surface area contributed by atoms with Crippen LogP contribution in [0.25, 0.3) is 0 Å². The van der Waals surface area contributed by atoms with Crippen LogP contribution >= 0.6 is 0 Å². The normalized spacial score (nSPS) is 48.4. The fourth-order valence-electron chi connectivity index (χ4n) is 7.01. The highest BCUT2D eigenvalue weighted by Crippen LogP contribution is 2.67. The summed E-state index contributed by atoms with van der Waals surface area (Å²) in [5.41, 5.74) is -0.514. The number of carboxylic acid groups (broad SMARTS) is 1. The standard InChI is InChI=1S/C22H30O5/c1-20-7-3-14(23)11-13(20)12-17(24)19-15(20)4-8-21(2)16(19)5-9-22(21,27)10-6-18(25)26/h3,7,11,15-17,19,24,27H,4-6,8-10,12H2,1-2H3,(H,25,26)/t15-,16-,17?,19+,20-,21-,22?/m0/s1. The molecule has 0 aromatic carbocycles. The van der Waals surface area contributed by atoms with Crippen LogP contribution in [0.1, 0.15) is 58.8 Å². The van der Waals surface area contributed by atoms with Gasteiger partial charge in [0.1, 0.15) is 0 Å². The van der Waals surface area contributed by atoms with E-state index in [0.717, 1.165) is 24.8 Å². The second kappa shape index (κ2) is 6.02. The molecule has 3 N–H and O–H groups in total. The molecule has 4 rings (SSSR count). The average Bonchev–Trinajstić information content (AvgIpc) is 2.87. The summed E-state index contributed by atoms with van der Waals surface area (Å²) in [5, 5.41) is 31.5. The maximum atomic E-state index is 11.8. The Balaban J connectivity index is 1.67. The maximum Gasteiger partial charge on any atom is 0.303 e. The molecule has 27 heavy (non-hydrogen) atoms. The molecule has 148 valence electrons. The zero-order chi connectivity index (χ0) is 19.6. The zero-order valence-corrected chi connectivity index (χ0v) is 16.1. The van der Waals surface area contributed by atoms with E-state index in [4.69, 9.17) is 5.11 Å². The van der Waals surface area contributed by atoms with Crippen molar-refractivity contribution < 1.29 is 24.9 Å².